The first-order chi connectivity index (χ1) is 15.4. The lowest BCUT2D eigenvalue weighted by Gasteiger charge is -2.39. The predicted molar refractivity (Wildman–Crippen MR) is 115 cm³/mol. The molecule has 0 aliphatic carbocycles. The molecule has 1 aromatic heterocycles. The van der Waals surface area contributed by atoms with Crippen LogP contribution in [0.25, 0.3) is 11.0 Å². The van der Waals surface area contributed by atoms with Crippen LogP contribution in [0.2, 0.25) is 0 Å². The Morgan fingerprint density at radius 1 is 1.19 bits per heavy atom. The van der Waals surface area contributed by atoms with Crippen molar-refractivity contribution in [3.8, 4) is 0 Å². The molecule has 10 nitrogen and oxygen atoms in total. The summed E-state index contributed by atoms with van der Waals surface area (Å²) < 4.78 is 41.6. The van der Waals surface area contributed by atoms with E-state index in [0.29, 0.717) is 64.0 Å². The van der Waals surface area contributed by atoms with Gasteiger partial charge in [0.2, 0.25) is 15.9 Å². The number of aromatic nitrogens is 3. The minimum atomic E-state index is -3.83. The summed E-state index contributed by atoms with van der Waals surface area (Å²) in [6.07, 6.45) is 3.33. The van der Waals surface area contributed by atoms with Crippen molar-refractivity contribution in [1.29, 1.82) is 0 Å². The van der Waals surface area contributed by atoms with Crippen LogP contribution in [0.5, 0.6) is 0 Å². The molecular formula is C21H29N5O5S. The van der Waals surface area contributed by atoms with Crippen molar-refractivity contribution in [2.24, 2.45) is 0 Å². The van der Waals surface area contributed by atoms with E-state index in [9.17, 15) is 13.2 Å². The first-order valence-electron chi connectivity index (χ1n) is 11.4. The van der Waals surface area contributed by atoms with Crippen LogP contribution in [0.1, 0.15) is 39.0 Å². The number of aryl methyl sites for hydroxylation is 1. The Hall–Kier alpha value is -2.08. The summed E-state index contributed by atoms with van der Waals surface area (Å²) in [6.45, 7) is 5.29. The van der Waals surface area contributed by atoms with Crippen LogP contribution in [0.3, 0.4) is 0 Å². The van der Waals surface area contributed by atoms with Crippen LogP contribution in [0.4, 0.5) is 0 Å². The lowest BCUT2D eigenvalue weighted by atomic mass is 10.0. The zero-order valence-electron chi connectivity index (χ0n) is 18.3. The number of hydrogen-bond donors (Lipinski definition) is 0. The van der Waals surface area contributed by atoms with Gasteiger partial charge in [0.25, 0.3) is 0 Å². The third kappa shape index (κ3) is 3.70. The number of sulfonamides is 1. The van der Waals surface area contributed by atoms with Crippen molar-refractivity contribution in [2.45, 2.75) is 62.3 Å². The van der Waals surface area contributed by atoms with Crippen molar-refractivity contribution in [3.05, 3.63) is 18.2 Å². The largest absolute Gasteiger partial charge is 0.347 e. The number of carbonyl (C=O) groups excluding carboxylic acids is 1. The summed E-state index contributed by atoms with van der Waals surface area (Å²) in [5, 5.41) is 8.25. The second-order valence-electron chi connectivity index (χ2n) is 8.67. The lowest BCUT2D eigenvalue weighted by molar-refractivity contribution is -0.188. The molecule has 0 bridgehead atoms. The number of amides is 1. The minimum absolute atomic E-state index is 0.131. The number of likely N-dealkylation sites (tertiary alicyclic amines) is 1. The highest BCUT2D eigenvalue weighted by atomic mass is 32.2. The number of nitrogens with zero attached hydrogens (tertiary/aromatic N) is 5. The molecule has 0 N–H and O–H groups in total. The maximum atomic E-state index is 13.5. The van der Waals surface area contributed by atoms with E-state index in [-0.39, 0.29) is 10.8 Å². The maximum Gasteiger partial charge on any atom is 0.243 e. The first-order valence-corrected chi connectivity index (χ1v) is 12.8. The van der Waals surface area contributed by atoms with Gasteiger partial charge in [-0.05, 0) is 37.5 Å². The molecule has 2 aromatic rings. The van der Waals surface area contributed by atoms with E-state index in [1.165, 1.54) is 4.31 Å². The Morgan fingerprint density at radius 2 is 1.94 bits per heavy atom. The molecule has 0 saturated carbocycles. The Morgan fingerprint density at radius 3 is 2.66 bits per heavy atom. The van der Waals surface area contributed by atoms with Gasteiger partial charge in [-0.25, -0.2) is 13.1 Å². The third-order valence-electron chi connectivity index (χ3n) is 6.67. The van der Waals surface area contributed by atoms with Gasteiger partial charge in [-0.2, -0.15) is 4.31 Å². The van der Waals surface area contributed by atoms with Crippen LogP contribution in [-0.2, 0) is 30.8 Å². The van der Waals surface area contributed by atoms with Gasteiger partial charge in [-0.1, -0.05) is 12.1 Å². The first kappa shape index (κ1) is 21.7. The Kier molecular flexibility index (Phi) is 5.68. The second kappa shape index (κ2) is 8.36. The van der Waals surface area contributed by atoms with Gasteiger partial charge in [0, 0.05) is 39.0 Å². The molecule has 0 unspecified atom stereocenters. The fourth-order valence-electron chi connectivity index (χ4n) is 4.96. The molecule has 5 rings (SSSR count). The number of ether oxygens (including phenoxy) is 2. The standard InChI is InChI=1S/C21H29N5O5S/c1-2-9-25-18-6-5-16(15-17(18)22-23-25)32(28,29)26-10-3-4-19(26)20(27)24-11-7-21(8-12-24)30-13-14-31-21/h5-6,15,19H,2-4,7-14H2,1H3/t19-/m0/s1. The van der Waals surface area contributed by atoms with Crippen LogP contribution < -0.4 is 0 Å². The molecule has 11 heteroatoms. The molecule has 3 fully saturated rings. The van der Waals surface area contributed by atoms with Gasteiger partial charge in [0.1, 0.15) is 11.6 Å². The molecule has 174 valence electrons. The van der Waals surface area contributed by atoms with E-state index in [0.717, 1.165) is 18.5 Å². The van der Waals surface area contributed by atoms with E-state index >= 15 is 0 Å². The molecule has 1 amide bonds. The molecule has 1 atom stereocenters. The maximum absolute atomic E-state index is 13.5. The SMILES string of the molecule is CCCn1nnc2cc(S(=O)(=O)N3CCC[C@H]3C(=O)N3CCC4(CC3)OCCO4)ccc21. The average molecular weight is 464 g/mol. The minimum Gasteiger partial charge on any atom is -0.347 e. The Bertz CT molecular complexity index is 1100. The molecule has 4 heterocycles. The molecule has 3 aliphatic heterocycles. The van der Waals surface area contributed by atoms with Gasteiger partial charge < -0.3 is 14.4 Å². The predicted octanol–water partition coefficient (Wildman–Crippen LogP) is 1.36. The molecule has 3 saturated heterocycles. The molecule has 0 radical (unpaired) electrons. The third-order valence-corrected chi connectivity index (χ3v) is 8.57. The summed E-state index contributed by atoms with van der Waals surface area (Å²) in [4.78, 5) is 15.2. The topological polar surface area (TPSA) is 107 Å². The smallest absolute Gasteiger partial charge is 0.243 e. The van der Waals surface area contributed by atoms with E-state index in [1.807, 2.05) is 6.92 Å². The van der Waals surface area contributed by atoms with E-state index in [2.05, 4.69) is 10.3 Å². The number of fused-ring (bicyclic) bond motifs is 1. The van der Waals surface area contributed by atoms with E-state index in [1.54, 1.807) is 27.8 Å². The fraction of sp³-hybridized carbons (Fsp3) is 0.667. The number of rotatable bonds is 5. The van der Waals surface area contributed by atoms with Gasteiger partial charge >= 0.3 is 0 Å². The number of piperidine rings is 1. The average Bonchev–Trinajstić information content (AvgIpc) is 3.54. The van der Waals surface area contributed by atoms with Crippen LogP contribution in [0.15, 0.2) is 23.1 Å². The Balaban J connectivity index is 1.34. The summed E-state index contributed by atoms with van der Waals surface area (Å²) >= 11 is 0. The monoisotopic (exact) mass is 463 g/mol. The number of carbonyl (C=O) groups is 1. The molecule has 32 heavy (non-hydrogen) atoms. The number of hydrogen-bond acceptors (Lipinski definition) is 7. The van der Waals surface area contributed by atoms with Crippen LogP contribution in [0, 0.1) is 0 Å². The summed E-state index contributed by atoms with van der Waals surface area (Å²) in [7, 11) is -3.83. The van der Waals surface area contributed by atoms with E-state index in [4.69, 9.17) is 9.47 Å². The highest BCUT2D eigenvalue weighted by molar-refractivity contribution is 7.89. The zero-order valence-corrected chi connectivity index (χ0v) is 19.1. The van der Waals surface area contributed by atoms with Gasteiger partial charge in [-0.15, -0.1) is 5.10 Å². The normalized spacial score (nSPS) is 24.0. The van der Waals surface area contributed by atoms with Crippen LogP contribution in [-0.4, -0.2) is 83.2 Å². The Labute approximate surface area is 187 Å². The van der Waals surface area contributed by atoms with Gasteiger partial charge in [0.05, 0.1) is 23.6 Å². The zero-order chi connectivity index (χ0) is 22.3. The van der Waals surface area contributed by atoms with Crippen molar-refractivity contribution in [3.63, 3.8) is 0 Å². The summed E-state index contributed by atoms with van der Waals surface area (Å²) in [5.41, 5.74) is 1.35. The summed E-state index contributed by atoms with van der Waals surface area (Å²) in [6, 6.07) is 4.22. The van der Waals surface area contributed by atoms with Crippen molar-refractivity contribution >= 4 is 27.0 Å². The second-order valence-corrected chi connectivity index (χ2v) is 10.6. The quantitative estimate of drug-likeness (QED) is 0.659. The highest BCUT2D eigenvalue weighted by Gasteiger charge is 2.45. The van der Waals surface area contributed by atoms with Crippen molar-refractivity contribution < 1.29 is 22.7 Å². The van der Waals surface area contributed by atoms with Crippen molar-refractivity contribution in [2.75, 3.05) is 32.8 Å². The highest BCUT2D eigenvalue weighted by Crippen LogP contribution is 2.33. The molecule has 3 aliphatic rings. The van der Waals surface area contributed by atoms with E-state index < -0.39 is 21.9 Å². The van der Waals surface area contributed by atoms with Crippen LogP contribution >= 0.6 is 0 Å². The lowest BCUT2D eigenvalue weighted by Crippen LogP contribution is -2.53. The molecule has 1 aromatic carbocycles. The fourth-order valence-corrected chi connectivity index (χ4v) is 6.64. The van der Waals surface area contributed by atoms with Gasteiger partial charge in [0.15, 0.2) is 5.79 Å². The molecule has 1 spiro atoms. The molecular weight excluding hydrogens is 434 g/mol. The van der Waals surface area contributed by atoms with Gasteiger partial charge in [-0.3, -0.25) is 4.79 Å². The summed E-state index contributed by atoms with van der Waals surface area (Å²) in [5.74, 6) is -0.697. The number of benzene rings is 1. The van der Waals surface area contributed by atoms with Crippen molar-refractivity contribution in [1.82, 2.24) is 24.2 Å².